The Morgan fingerprint density at radius 1 is 0.548 bits per heavy atom. The summed E-state index contributed by atoms with van der Waals surface area (Å²) >= 11 is 0. The van der Waals surface area contributed by atoms with Gasteiger partial charge in [-0.25, -0.2) is 4.99 Å². The van der Waals surface area contributed by atoms with Crippen LogP contribution in [0.25, 0.3) is 0 Å². The Balaban J connectivity index is 2.10. The Labute approximate surface area is 253 Å². The summed E-state index contributed by atoms with van der Waals surface area (Å²) in [5, 5.41) is 0. The topological polar surface area (TPSA) is 32.7 Å². The molecule has 0 aliphatic rings. The molecule has 3 heteroatoms. The maximum Gasteiger partial charge on any atom is 0.182 e. The van der Waals surface area contributed by atoms with Gasteiger partial charge in [0, 0.05) is 16.8 Å². The summed E-state index contributed by atoms with van der Waals surface area (Å²) in [6.45, 7) is 18.0. The molecular formula is C39H46N2O. The molecule has 0 saturated heterocycles. The van der Waals surface area contributed by atoms with Crippen LogP contribution < -0.4 is 4.90 Å². The number of rotatable bonds is 10. The first-order valence-electron chi connectivity index (χ1n) is 15.4. The normalized spacial score (nSPS) is 12.0. The van der Waals surface area contributed by atoms with Crippen LogP contribution in [-0.2, 0) is 0 Å². The number of anilines is 1. The molecule has 4 rings (SSSR count). The molecule has 0 unspecified atom stereocenters. The van der Waals surface area contributed by atoms with Crippen LogP contribution in [0.1, 0.15) is 117 Å². The van der Waals surface area contributed by atoms with Gasteiger partial charge in [-0.05, 0) is 45.9 Å². The third kappa shape index (κ3) is 6.90. The van der Waals surface area contributed by atoms with Crippen molar-refractivity contribution < 1.29 is 4.79 Å². The van der Waals surface area contributed by atoms with E-state index in [0.29, 0.717) is 17.4 Å². The fraction of sp³-hybridized carbons (Fsp3) is 0.333. The van der Waals surface area contributed by atoms with Crippen molar-refractivity contribution in [1.82, 2.24) is 0 Å². The molecule has 0 N–H and O–H groups in total. The number of nitrogens with zero attached hydrogens (tertiary/aromatic N) is 2. The monoisotopic (exact) mass is 558 g/mol. The SMILES string of the molecule is CC(C)c1cccc(C(C)C)c1N=C(c1ccccc1)N(CC(=O)c1ccccc1)c1c(C(C)C)cccc1C(C)C. The summed E-state index contributed by atoms with van der Waals surface area (Å²) in [5.74, 6) is 1.98. The average molecular weight is 559 g/mol. The fourth-order valence-electron chi connectivity index (χ4n) is 5.56. The van der Waals surface area contributed by atoms with E-state index in [4.69, 9.17) is 4.99 Å². The highest BCUT2D eigenvalue weighted by Gasteiger charge is 2.27. The van der Waals surface area contributed by atoms with Gasteiger partial charge in [0.1, 0.15) is 5.84 Å². The molecule has 0 radical (unpaired) electrons. The number of benzene rings is 4. The van der Waals surface area contributed by atoms with Gasteiger partial charge in [0.05, 0.1) is 12.2 Å². The summed E-state index contributed by atoms with van der Waals surface area (Å²) in [7, 11) is 0. The molecule has 0 aliphatic heterocycles. The molecule has 0 atom stereocenters. The van der Waals surface area contributed by atoms with Gasteiger partial charge in [-0.1, -0.05) is 152 Å². The van der Waals surface area contributed by atoms with Crippen LogP contribution in [0.3, 0.4) is 0 Å². The summed E-state index contributed by atoms with van der Waals surface area (Å²) in [4.78, 5) is 21.8. The predicted octanol–water partition coefficient (Wildman–Crippen LogP) is 10.6. The van der Waals surface area contributed by atoms with E-state index in [2.05, 4.69) is 121 Å². The zero-order valence-corrected chi connectivity index (χ0v) is 26.6. The van der Waals surface area contributed by atoms with Gasteiger partial charge in [-0.15, -0.1) is 0 Å². The quantitative estimate of drug-likeness (QED) is 0.110. The maximum atomic E-state index is 14.0. The van der Waals surface area contributed by atoms with E-state index in [-0.39, 0.29) is 24.2 Å². The number of Topliss-reactive ketones (excluding diaryl/α,β-unsaturated/α-hetero) is 1. The Bertz CT molecular complexity index is 1460. The first-order chi connectivity index (χ1) is 20.1. The summed E-state index contributed by atoms with van der Waals surface area (Å²) < 4.78 is 0. The molecule has 0 amide bonds. The zero-order chi connectivity index (χ0) is 30.4. The molecule has 0 saturated carbocycles. The number of carbonyl (C=O) groups excluding carboxylic acids is 1. The number of hydrogen-bond acceptors (Lipinski definition) is 2. The average Bonchev–Trinajstić information content (AvgIpc) is 2.98. The van der Waals surface area contributed by atoms with Gasteiger partial charge in [0.2, 0.25) is 0 Å². The van der Waals surface area contributed by atoms with Crippen molar-refractivity contribution in [2.75, 3.05) is 11.4 Å². The fourth-order valence-corrected chi connectivity index (χ4v) is 5.56. The molecule has 3 nitrogen and oxygen atoms in total. The second-order valence-corrected chi connectivity index (χ2v) is 12.4. The van der Waals surface area contributed by atoms with Crippen LogP contribution >= 0.6 is 0 Å². The number of ketones is 1. The number of para-hydroxylation sites is 2. The molecule has 42 heavy (non-hydrogen) atoms. The van der Waals surface area contributed by atoms with E-state index in [1.807, 2.05) is 36.4 Å². The molecule has 0 heterocycles. The van der Waals surface area contributed by atoms with Crippen LogP contribution in [0.15, 0.2) is 102 Å². The van der Waals surface area contributed by atoms with Crippen molar-refractivity contribution in [3.63, 3.8) is 0 Å². The minimum absolute atomic E-state index is 0.0636. The van der Waals surface area contributed by atoms with Crippen LogP contribution in [0.5, 0.6) is 0 Å². The third-order valence-electron chi connectivity index (χ3n) is 7.86. The molecule has 218 valence electrons. The maximum absolute atomic E-state index is 14.0. The van der Waals surface area contributed by atoms with Crippen molar-refractivity contribution >= 4 is 23.0 Å². The lowest BCUT2D eigenvalue weighted by Gasteiger charge is -2.33. The molecule has 4 aromatic rings. The Morgan fingerprint density at radius 2 is 0.952 bits per heavy atom. The smallest absolute Gasteiger partial charge is 0.182 e. The molecule has 0 aliphatic carbocycles. The molecule has 4 aromatic carbocycles. The van der Waals surface area contributed by atoms with Crippen LogP contribution in [0, 0.1) is 0 Å². The van der Waals surface area contributed by atoms with E-state index in [1.165, 1.54) is 22.3 Å². The summed E-state index contributed by atoms with van der Waals surface area (Å²) in [6.07, 6.45) is 0. The lowest BCUT2D eigenvalue weighted by Crippen LogP contribution is -2.38. The lowest BCUT2D eigenvalue weighted by molar-refractivity contribution is 0.100. The molecule has 0 aromatic heterocycles. The van der Waals surface area contributed by atoms with E-state index >= 15 is 0 Å². The van der Waals surface area contributed by atoms with Crippen LogP contribution in [0.2, 0.25) is 0 Å². The van der Waals surface area contributed by atoms with Crippen molar-refractivity contribution in [2.24, 2.45) is 4.99 Å². The first kappa shape index (κ1) is 31.0. The van der Waals surface area contributed by atoms with Crippen molar-refractivity contribution in [2.45, 2.75) is 79.1 Å². The van der Waals surface area contributed by atoms with Crippen LogP contribution in [0.4, 0.5) is 11.4 Å². The van der Waals surface area contributed by atoms with Gasteiger partial charge >= 0.3 is 0 Å². The van der Waals surface area contributed by atoms with Gasteiger partial charge in [0.25, 0.3) is 0 Å². The summed E-state index contributed by atoms with van der Waals surface area (Å²) in [6, 6.07) is 33.1. The second kappa shape index (κ2) is 13.8. The third-order valence-corrected chi connectivity index (χ3v) is 7.86. The highest BCUT2D eigenvalue weighted by atomic mass is 16.1. The largest absolute Gasteiger partial charge is 0.317 e. The number of aliphatic imine (C=N–C) groups is 1. The molecule has 0 fully saturated rings. The van der Waals surface area contributed by atoms with Gasteiger partial charge in [-0.2, -0.15) is 0 Å². The molecule has 0 bridgehead atoms. The van der Waals surface area contributed by atoms with Crippen molar-refractivity contribution in [1.29, 1.82) is 0 Å². The highest BCUT2D eigenvalue weighted by molar-refractivity contribution is 6.15. The van der Waals surface area contributed by atoms with E-state index in [9.17, 15) is 4.79 Å². The van der Waals surface area contributed by atoms with E-state index in [0.717, 1.165) is 22.8 Å². The second-order valence-electron chi connectivity index (χ2n) is 12.4. The number of carbonyl (C=O) groups is 1. The molecule has 0 spiro atoms. The molecular weight excluding hydrogens is 512 g/mol. The van der Waals surface area contributed by atoms with Crippen molar-refractivity contribution in [3.8, 4) is 0 Å². The summed E-state index contributed by atoms with van der Waals surface area (Å²) in [5.41, 5.74) is 8.64. The van der Waals surface area contributed by atoms with E-state index in [1.54, 1.807) is 0 Å². The zero-order valence-electron chi connectivity index (χ0n) is 26.6. The van der Waals surface area contributed by atoms with Gasteiger partial charge < -0.3 is 4.90 Å². The minimum Gasteiger partial charge on any atom is -0.317 e. The number of amidine groups is 1. The minimum atomic E-state index is 0.0636. The first-order valence-corrected chi connectivity index (χ1v) is 15.4. The van der Waals surface area contributed by atoms with Gasteiger partial charge in [-0.3, -0.25) is 4.79 Å². The standard InChI is InChI=1S/C39H46N2O/c1-26(2)32-21-15-22-33(27(3)4)37(32)40-39(31-19-13-10-14-20-31)41(25-36(42)30-17-11-9-12-18-30)38-34(28(5)6)23-16-24-35(38)29(7)8/h9-24,26-29H,25H2,1-8H3. The Hall–Kier alpha value is -3.98. The highest BCUT2D eigenvalue weighted by Crippen LogP contribution is 2.39. The lowest BCUT2D eigenvalue weighted by atomic mass is 9.91. The van der Waals surface area contributed by atoms with Crippen molar-refractivity contribution in [3.05, 3.63) is 130 Å². The Kier molecular flexibility index (Phi) is 10.2. The Morgan fingerprint density at radius 3 is 1.38 bits per heavy atom. The van der Waals surface area contributed by atoms with Gasteiger partial charge in [0.15, 0.2) is 5.78 Å². The van der Waals surface area contributed by atoms with E-state index < -0.39 is 0 Å². The predicted molar refractivity (Wildman–Crippen MR) is 180 cm³/mol. The number of hydrogen-bond donors (Lipinski definition) is 0. The van der Waals surface area contributed by atoms with Crippen LogP contribution in [-0.4, -0.2) is 18.2 Å².